The Labute approximate surface area is 230 Å². The first-order chi connectivity index (χ1) is 19.4. The van der Waals surface area contributed by atoms with E-state index in [0.717, 1.165) is 17.3 Å². The topological polar surface area (TPSA) is 145 Å². The fourth-order valence-corrected chi connectivity index (χ4v) is 3.83. The molecule has 2 amide bonds. The van der Waals surface area contributed by atoms with E-state index in [1.165, 1.54) is 25.3 Å². The van der Waals surface area contributed by atoms with Gasteiger partial charge in [0.15, 0.2) is 0 Å². The van der Waals surface area contributed by atoms with Gasteiger partial charge in [-0.1, -0.05) is 60.7 Å². The van der Waals surface area contributed by atoms with Crippen molar-refractivity contribution in [1.82, 2.24) is 10.3 Å². The van der Waals surface area contributed by atoms with E-state index in [0.29, 0.717) is 23.8 Å². The van der Waals surface area contributed by atoms with Gasteiger partial charge < -0.3 is 25.4 Å². The Balaban J connectivity index is 1.41. The first-order valence-electron chi connectivity index (χ1n) is 12.3. The number of ether oxygens (including phenoxy) is 2. The average molecular weight is 542 g/mol. The van der Waals surface area contributed by atoms with Crippen molar-refractivity contribution in [3.63, 3.8) is 0 Å². The van der Waals surface area contributed by atoms with Gasteiger partial charge in [0.25, 0.3) is 5.69 Å². The number of carbonyl (C=O) groups excluding carboxylic acids is 2. The van der Waals surface area contributed by atoms with Crippen LogP contribution in [0, 0.1) is 10.1 Å². The predicted octanol–water partition coefficient (Wildman–Crippen LogP) is 5.18. The number of benzene rings is 3. The van der Waals surface area contributed by atoms with E-state index in [9.17, 15) is 19.7 Å². The maximum Gasteiger partial charge on any atom is 0.341 e. The molecule has 0 saturated heterocycles. The summed E-state index contributed by atoms with van der Waals surface area (Å²) in [6.45, 7) is 0.574. The Hall–Kier alpha value is -5.45. The number of hydrogen-bond acceptors (Lipinski definition) is 8. The lowest BCUT2D eigenvalue weighted by Gasteiger charge is -2.22. The van der Waals surface area contributed by atoms with Crippen LogP contribution < -0.4 is 20.7 Å². The van der Waals surface area contributed by atoms with Crippen molar-refractivity contribution in [1.29, 1.82) is 0 Å². The maximum atomic E-state index is 12.6. The van der Waals surface area contributed by atoms with Crippen LogP contribution in [0.2, 0.25) is 0 Å². The van der Waals surface area contributed by atoms with Crippen molar-refractivity contribution in [3.05, 3.63) is 124 Å². The highest BCUT2D eigenvalue weighted by atomic mass is 16.6. The number of nitrogens with one attached hydrogen (secondary N) is 3. The van der Waals surface area contributed by atoms with Crippen LogP contribution in [0.3, 0.4) is 0 Å². The van der Waals surface area contributed by atoms with Gasteiger partial charge in [0.05, 0.1) is 12.0 Å². The average Bonchev–Trinajstić information content (AvgIpc) is 2.99. The van der Waals surface area contributed by atoms with Crippen molar-refractivity contribution < 1.29 is 24.0 Å². The van der Waals surface area contributed by atoms with Gasteiger partial charge in [-0.05, 0) is 35.4 Å². The van der Waals surface area contributed by atoms with Crippen LogP contribution in [0.1, 0.15) is 27.6 Å². The van der Waals surface area contributed by atoms with Crippen LogP contribution in [0.15, 0.2) is 97.2 Å². The van der Waals surface area contributed by atoms with Crippen molar-refractivity contribution in [3.8, 4) is 5.75 Å². The van der Waals surface area contributed by atoms with Crippen molar-refractivity contribution in [2.24, 2.45) is 0 Å². The van der Waals surface area contributed by atoms with Crippen molar-refractivity contribution in [2.45, 2.75) is 6.10 Å². The van der Waals surface area contributed by atoms with Gasteiger partial charge in [-0.2, -0.15) is 0 Å². The van der Waals surface area contributed by atoms with Gasteiger partial charge in [0.2, 0.25) is 0 Å². The number of methoxy groups -OCH3 is 1. The van der Waals surface area contributed by atoms with E-state index in [1.807, 2.05) is 60.7 Å². The number of hydrogen-bond donors (Lipinski definition) is 3. The summed E-state index contributed by atoms with van der Waals surface area (Å²) >= 11 is 0. The van der Waals surface area contributed by atoms with Gasteiger partial charge in [-0.3, -0.25) is 10.1 Å². The molecule has 3 aromatic carbocycles. The standard InChI is InChI=1S/C29H27N5O6/c1-39-28(35)24-18-22(33-29(36)31-17-16-30-26-15-13-23(19-32-26)34(37)38)12-14-25(24)40-27(20-8-4-2-5-9-20)21-10-6-3-7-11-21/h2-15,18-19,27H,16-17H2,1H3,(H,30,32)(H2,31,33,36). The van der Waals surface area contributed by atoms with Crippen LogP contribution >= 0.6 is 0 Å². The molecule has 0 bridgehead atoms. The van der Waals surface area contributed by atoms with Crippen LogP contribution in [0.25, 0.3) is 0 Å². The molecule has 0 spiro atoms. The summed E-state index contributed by atoms with van der Waals surface area (Å²) in [7, 11) is 1.28. The molecule has 4 aromatic rings. The second kappa shape index (κ2) is 13.4. The van der Waals surface area contributed by atoms with Gasteiger partial charge in [-0.25, -0.2) is 14.6 Å². The molecule has 11 nitrogen and oxygen atoms in total. The fraction of sp³-hybridized carbons (Fsp3) is 0.138. The molecule has 0 saturated carbocycles. The Morgan fingerprint density at radius 1 is 0.925 bits per heavy atom. The molecule has 4 rings (SSSR count). The van der Waals surface area contributed by atoms with Crippen LogP contribution in [-0.2, 0) is 4.74 Å². The van der Waals surface area contributed by atoms with Crippen LogP contribution in [0.4, 0.5) is 22.0 Å². The van der Waals surface area contributed by atoms with Gasteiger partial charge in [0, 0.05) is 24.8 Å². The van der Waals surface area contributed by atoms with Crippen molar-refractivity contribution in [2.75, 3.05) is 30.8 Å². The highest BCUT2D eigenvalue weighted by Gasteiger charge is 2.21. The minimum atomic E-state index is -0.612. The zero-order chi connectivity index (χ0) is 28.3. The summed E-state index contributed by atoms with van der Waals surface area (Å²) in [6, 6.07) is 26.4. The van der Waals surface area contributed by atoms with Crippen LogP contribution in [-0.4, -0.2) is 42.1 Å². The fourth-order valence-electron chi connectivity index (χ4n) is 3.83. The first kappa shape index (κ1) is 27.6. The summed E-state index contributed by atoms with van der Waals surface area (Å²) in [5, 5.41) is 19.1. The van der Waals surface area contributed by atoms with Gasteiger partial charge in [0.1, 0.15) is 29.4 Å². The number of urea groups is 1. The predicted molar refractivity (Wildman–Crippen MR) is 150 cm³/mol. The van der Waals surface area contributed by atoms with E-state index < -0.39 is 23.0 Å². The molecule has 11 heteroatoms. The Kier molecular flexibility index (Phi) is 9.22. The molecule has 40 heavy (non-hydrogen) atoms. The number of nitro groups is 1. The Morgan fingerprint density at radius 2 is 1.60 bits per heavy atom. The number of anilines is 2. The Bertz CT molecular complexity index is 1410. The second-order valence-electron chi connectivity index (χ2n) is 8.49. The molecule has 1 aromatic heterocycles. The highest BCUT2D eigenvalue weighted by Crippen LogP contribution is 2.32. The quantitative estimate of drug-likeness (QED) is 0.102. The Morgan fingerprint density at radius 3 is 2.17 bits per heavy atom. The van der Waals surface area contributed by atoms with Gasteiger partial charge >= 0.3 is 12.0 Å². The molecule has 0 aliphatic carbocycles. The van der Waals surface area contributed by atoms with Crippen LogP contribution in [0.5, 0.6) is 5.75 Å². The highest BCUT2D eigenvalue weighted by molar-refractivity contribution is 5.96. The number of amides is 2. The molecule has 0 fully saturated rings. The number of esters is 1. The molecule has 0 unspecified atom stereocenters. The monoisotopic (exact) mass is 541 g/mol. The zero-order valence-corrected chi connectivity index (χ0v) is 21.6. The normalized spacial score (nSPS) is 10.4. The molecule has 204 valence electrons. The maximum absolute atomic E-state index is 12.6. The SMILES string of the molecule is COC(=O)c1cc(NC(=O)NCCNc2ccc([N+](=O)[O-])cn2)ccc1OC(c1ccccc1)c1ccccc1. The lowest BCUT2D eigenvalue weighted by molar-refractivity contribution is -0.385. The molecule has 0 atom stereocenters. The number of carbonyl (C=O) groups is 2. The summed E-state index contributed by atoms with van der Waals surface area (Å²) in [4.78, 5) is 39.2. The lowest BCUT2D eigenvalue weighted by Crippen LogP contribution is -2.32. The zero-order valence-electron chi connectivity index (χ0n) is 21.6. The summed E-state index contributed by atoms with van der Waals surface area (Å²) < 4.78 is 11.3. The summed E-state index contributed by atoms with van der Waals surface area (Å²) in [6.07, 6.45) is 0.669. The summed E-state index contributed by atoms with van der Waals surface area (Å²) in [5.74, 6) is 0.129. The van der Waals surface area contributed by atoms with E-state index >= 15 is 0 Å². The lowest BCUT2D eigenvalue weighted by atomic mass is 10.0. The molecular weight excluding hydrogens is 514 g/mol. The van der Waals surface area contributed by atoms with E-state index in [2.05, 4.69) is 20.9 Å². The molecule has 0 aliphatic rings. The smallest absolute Gasteiger partial charge is 0.341 e. The third kappa shape index (κ3) is 7.32. The second-order valence-corrected chi connectivity index (χ2v) is 8.49. The largest absolute Gasteiger partial charge is 0.480 e. The number of aromatic nitrogens is 1. The molecule has 0 aliphatic heterocycles. The molecule has 1 heterocycles. The van der Waals surface area contributed by atoms with E-state index in [1.54, 1.807) is 12.1 Å². The minimum absolute atomic E-state index is 0.110. The van der Waals surface area contributed by atoms with Gasteiger partial charge in [-0.15, -0.1) is 0 Å². The third-order valence-electron chi connectivity index (χ3n) is 5.77. The third-order valence-corrected chi connectivity index (χ3v) is 5.77. The summed E-state index contributed by atoms with van der Waals surface area (Å²) in [5.41, 5.74) is 2.22. The number of pyridine rings is 1. The molecule has 3 N–H and O–H groups in total. The number of nitrogens with zero attached hydrogens (tertiary/aromatic N) is 2. The minimum Gasteiger partial charge on any atom is -0.480 e. The van der Waals surface area contributed by atoms with E-state index in [-0.39, 0.29) is 17.8 Å². The number of rotatable bonds is 11. The molecule has 0 radical (unpaired) electrons. The van der Waals surface area contributed by atoms with Crippen molar-refractivity contribution >= 4 is 29.2 Å². The molecular formula is C29H27N5O6. The van der Waals surface area contributed by atoms with E-state index in [4.69, 9.17) is 9.47 Å². The first-order valence-corrected chi connectivity index (χ1v) is 12.3.